The largest absolute Gasteiger partial charge is 0.288 e. The van der Waals surface area contributed by atoms with E-state index in [4.69, 9.17) is 5.21 Å². The van der Waals surface area contributed by atoms with Gasteiger partial charge in [-0.05, 0) is 12.1 Å². The van der Waals surface area contributed by atoms with Crippen molar-refractivity contribution in [2.24, 2.45) is 0 Å². The third kappa shape index (κ3) is 1.12. The molecule has 0 aliphatic carbocycles. The lowest BCUT2D eigenvalue weighted by molar-refractivity contribution is 0.0708. The highest BCUT2D eigenvalue weighted by atomic mass is 19.1. The maximum atomic E-state index is 13.1. The summed E-state index contributed by atoms with van der Waals surface area (Å²) < 4.78 is 13.1. The molecule has 1 amide bonds. The quantitative estimate of drug-likeness (QED) is 0.465. The zero-order chi connectivity index (χ0) is 10.1. The Bertz CT molecular complexity index is 494. The molecule has 0 bridgehead atoms. The molecule has 2 rings (SSSR count). The highest BCUT2D eigenvalue weighted by Gasteiger charge is 2.12. The highest BCUT2D eigenvalue weighted by molar-refractivity contribution is 6.04. The monoisotopic (exact) mass is 195 g/mol. The summed E-state index contributed by atoms with van der Waals surface area (Å²) in [5.41, 5.74) is 1.87. The van der Waals surface area contributed by atoms with Crippen LogP contribution < -0.4 is 5.48 Å². The number of nitrogens with zero attached hydrogens (tertiary/aromatic N) is 1. The first-order chi connectivity index (χ1) is 6.74. The van der Waals surface area contributed by atoms with Crippen LogP contribution in [-0.2, 0) is 0 Å². The van der Waals surface area contributed by atoms with Gasteiger partial charge < -0.3 is 0 Å². The van der Waals surface area contributed by atoms with Crippen LogP contribution in [-0.4, -0.2) is 21.3 Å². The van der Waals surface area contributed by atoms with Gasteiger partial charge in [0, 0.05) is 0 Å². The number of aromatic amines is 1. The first-order valence-electron chi connectivity index (χ1n) is 3.80. The van der Waals surface area contributed by atoms with Crippen LogP contribution in [0, 0.1) is 5.82 Å². The minimum absolute atomic E-state index is 0.140. The molecule has 0 radical (unpaired) electrons. The van der Waals surface area contributed by atoms with Gasteiger partial charge in [0.05, 0.1) is 22.7 Å². The Hall–Kier alpha value is -1.95. The Balaban J connectivity index is 2.72. The number of hydrogen-bond acceptors (Lipinski definition) is 3. The normalized spacial score (nSPS) is 10.4. The van der Waals surface area contributed by atoms with Gasteiger partial charge in [-0.15, -0.1) is 0 Å². The van der Waals surface area contributed by atoms with Crippen molar-refractivity contribution >= 4 is 16.8 Å². The fourth-order valence-corrected chi connectivity index (χ4v) is 1.25. The minimum Gasteiger partial charge on any atom is -0.288 e. The Morgan fingerprint density at radius 2 is 2.36 bits per heavy atom. The van der Waals surface area contributed by atoms with E-state index in [-0.39, 0.29) is 16.5 Å². The Morgan fingerprint density at radius 1 is 1.57 bits per heavy atom. The van der Waals surface area contributed by atoms with E-state index in [9.17, 15) is 9.18 Å². The molecule has 0 fully saturated rings. The Kier molecular flexibility index (Phi) is 1.90. The van der Waals surface area contributed by atoms with Crippen LogP contribution in [0.2, 0.25) is 0 Å². The number of amides is 1. The Morgan fingerprint density at radius 3 is 3.07 bits per heavy atom. The average Bonchev–Trinajstić information content (AvgIpc) is 2.67. The summed E-state index contributed by atoms with van der Waals surface area (Å²) >= 11 is 0. The van der Waals surface area contributed by atoms with Crippen LogP contribution in [0.15, 0.2) is 18.3 Å². The molecule has 0 atom stereocenters. The average molecular weight is 195 g/mol. The molecule has 1 heterocycles. The smallest absolute Gasteiger partial charge is 0.276 e. The maximum Gasteiger partial charge on any atom is 0.276 e. The summed E-state index contributed by atoms with van der Waals surface area (Å²) in [6.45, 7) is 0. The summed E-state index contributed by atoms with van der Waals surface area (Å²) in [7, 11) is 0. The van der Waals surface area contributed by atoms with E-state index >= 15 is 0 Å². The number of carbonyl (C=O) groups excluding carboxylic acids is 1. The molecule has 0 unspecified atom stereocenters. The summed E-state index contributed by atoms with van der Waals surface area (Å²) in [5, 5.41) is 14.7. The van der Waals surface area contributed by atoms with E-state index in [1.165, 1.54) is 17.7 Å². The number of benzene rings is 1. The van der Waals surface area contributed by atoms with Gasteiger partial charge in [0.1, 0.15) is 5.82 Å². The molecule has 1 aromatic heterocycles. The van der Waals surface area contributed by atoms with Crippen molar-refractivity contribution < 1.29 is 14.4 Å². The second-order valence-corrected chi connectivity index (χ2v) is 2.69. The molecule has 0 saturated heterocycles. The fourth-order valence-electron chi connectivity index (χ4n) is 1.25. The van der Waals surface area contributed by atoms with E-state index in [0.29, 0.717) is 0 Å². The number of carbonyl (C=O) groups is 1. The second kappa shape index (κ2) is 3.08. The SMILES string of the molecule is O=C(NO)c1ccc(F)c2cn[nH]c12. The van der Waals surface area contributed by atoms with Gasteiger partial charge in [-0.3, -0.25) is 15.1 Å². The molecule has 3 N–H and O–H groups in total. The third-order valence-corrected chi connectivity index (χ3v) is 1.91. The number of halogens is 1. The number of H-pyrrole nitrogens is 1. The van der Waals surface area contributed by atoms with Crippen molar-refractivity contribution in [3.8, 4) is 0 Å². The van der Waals surface area contributed by atoms with Crippen molar-refractivity contribution in [3.63, 3.8) is 0 Å². The molecule has 0 saturated carbocycles. The van der Waals surface area contributed by atoms with Crippen molar-refractivity contribution in [3.05, 3.63) is 29.7 Å². The van der Waals surface area contributed by atoms with Gasteiger partial charge in [0.25, 0.3) is 5.91 Å². The van der Waals surface area contributed by atoms with Gasteiger partial charge in [-0.2, -0.15) is 5.10 Å². The van der Waals surface area contributed by atoms with E-state index in [0.717, 1.165) is 6.07 Å². The highest BCUT2D eigenvalue weighted by Crippen LogP contribution is 2.18. The van der Waals surface area contributed by atoms with Crippen LogP contribution in [0.5, 0.6) is 0 Å². The minimum atomic E-state index is -0.709. The van der Waals surface area contributed by atoms with Gasteiger partial charge in [0.15, 0.2) is 0 Å². The number of hydroxylamine groups is 1. The first-order valence-corrected chi connectivity index (χ1v) is 3.80. The zero-order valence-corrected chi connectivity index (χ0v) is 6.91. The predicted octanol–water partition coefficient (Wildman–Crippen LogP) is 0.821. The lowest BCUT2D eigenvalue weighted by atomic mass is 10.1. The molecule has 0 aliphatic heterocycles. The maximum absolute atomic E-state index is 13.1. The lowest BCUT2D eigenvalue weighted by Gasteiger charge is -2.00. The van der Waals surface area contributed by atoms with Crippen molar-refractivity contribution in [1.29, 1.82) is 0 Å². The summed E-state index contributed by atoms with van der Waals surface area (Å²) in [6, 6.07) is 2.41. The molecule has 1 aromatic carbocycles. The van der Waals surface area contributed by atoms with Crippen LogP contribution in [0.3, 0.4) is 0 Å². The van der Waals surface area contributed by atoms with Crippen LogP contribution in [0.1, 0.15) is 10.4 Å². The summed E-state index contributed by atoms with van der Waals surface area (Å²) in [4.78, 5) is 11.1. The molecular weight excluding hydrogens is 189 g/mol. The van der Waals surface area contributed by atoms with Crippen LogP contribution in [0.25, 0.3) is 10.9 Å². The van der Waals surface area contributed by atoms with Gasteiger partial charge >= 0.3 is 0 Å². The summed E-state index contributed by atoms with van der Waals surface area (Å²) in [6.07, 6.45) is 1.28. The van der Waals surface area contributed by atoms with E-state index in [1.807, 2.05) is 0 Å². The van der Waals surface area contributed by atoms with Crippen molar-refractivity contribution in [1.82, 2.24) is 15.7 Å². The fraction of sp³-hybridized carbons (Fsp3) is 0. The molecular formula is C8H6FN3O2. The van der Waals surface area contributed by atoms with E-state index < -0.39 is 11.7 Å². The summed E-state index contributed by atoms with van der Waals surface area (Å²) in [5.74, 6) is -1.18. The number of rotatable bonds is 1. The van der Waals surface area contributed by atoms with Crippen LogP contribution in [0.4, 0.5) is 4.39 Å². The molecule has 0 spiro atoms. The Labute approximate surface area is 77.5 Å². The number of aromatic nitrogens is 2. The standard InChI is InChI=1S/C8H6FN3O2/c9-6-2-1-4(8(13)12-14)7-5(6)3-10-11-7/h1-3,14H,(H,10,11)(H,12,13). The van der Waals surface area contributed by atoms with Gasteiger partial charge in [-0.1, -0.05) is 0 Å². The lowest BCUT2D eigenvalue weighted by Crippen LogP contribution is -2.19. The van der Waals surface area contributed by atoms with Gasteiger partial charge in [0.2, 0.25) is 0 Å². The second-order valence-electron chi connectivity index (χ2n) is 2.69. The third-order valence-electron chi connectivity index (χ3n) is 1.91. The van der Waals surface area contributed by atoms with Crippen LogP contribution >= 0.6 is 0 Å². The number of fused-ring (bicyclic) bond motifs is 1. The topological polar surface area (TPSA) is 78.0 Å². The molecule has 5 nitrogen and oxygen atoms in total. The molecule has 72 valence electrons. The predicted molar refractivity (Wildman–Crippen MR) is 45.3 cm³/mol. The van der Waals surface area contributed by atoms with Crippen molar-refractivity contribution in [2.75, 3.05) is 0 Å². The number of hydrogen-bond donors (Lipinski definition) is 3. The van der Waals surface area contributed by atoms with Gasteiger partial charge in [-0.25, -0.2) is 9.87 Å². The van der Waals surface area contributed by atoms with E-state index in [1.54, 1.807) is 0 Å². The van der Waals surface area contributed by atoms with Crippen molar-refractivity contribution in [2.45, 2.75) is 0 Å². The first kappa shape index (κ1) is 8.64. The molecule has 2 aromatic rings. The zero-order valence-electron chi connectivity index (χ0n) is 6.91. The molecule has 14 heavy (non-hydrogen) atoms. The molecule has 6 heteroatoms. The number of nitrogens with one attached hydrogen (secondary N) is 2. The van der Waals surface area contributed by atoms with E-state index in [2.05, 4.69) is 10.2 Å². The molecule has 0 aliphatic rings.